The fourth-order valence-corrected chi connectivity index (χ4v) is 2.18. The van der Waals surface area contributed by atoms with Gasteiger partial charge in [-0.05, 0) is 19.3 Å². The van der Waals surface area contributed by atoms with Crippen LogP contribution in [0.4, 0.5) is 5.82 Å². The molecule has 0 amide bonds. The molecule has 0 aliphatic carbocycles. The maximum atomic E-state index is 5.92. The van der Waals surface area contributed by atoms with E-state index in [0.717, 1.165) is 31.8 Å². The molecule has 0 spiro atoms. The highest BCUT2D eigenvalue weighted by atomic mass is 35.5. The molecule has 2 heterocycles. The molecule has 2 rings (SSSR count). The highest BCUT2D eigenvalue weighted by Gasteiger charge is 2.14. The first-order valence-electron chi connectivity index (χ1n) is 6.16. The number of aromatic nitrogens is 2. The smallest absolute Gasteiger partial charge is 0.158 e. The molecule has 0 radical (unpaired) electrons. The van der Waals surface area contributed by atoms with Gasteiger partial charge >= 0.3 is 0 Å². The molecule has 1 fully saturated rings. The Bertz CT molecular complexity index is 384. The SMILES string of the molecule is COCc1nc(Cl)cc(NCCC2CCCO2)n1. The van der Waals surface area contributed by atoms with Crippen LogP contribution in [0.25, 0.3) is 0 Å². The fraction of sp³-hybridized carbons (Fsp3) is 0.667. The zero-order valence-corrected chi connectivity index (χ0v) is 11.2. The lowest BCUT2D eigenvalue weighted by atomic mass is 10.2. The number of halogens is 1. The molecule has 0 bridgehead atoms. The summed E-state index contributed by atoms with van der Waals surface area (Å²) in [6, 6.07) is 1.72. The van der Waals surface area contributed by atoms with Crippen molar-refractivity contribution in [2.24, 2.45) is 0 Å². The maximum Gasteiger partial charge on any atom is 0.158 e. The molecule has 6 heteroatoms. The van der Waals surface area contributed by atoms with Crippen LogP contribution in [0.1, 0.15) is 25.1 Å². The monoisotopic (exact) mass is 271 g/mol. The van der Waals surface area contributed by atoms with Crippen molar-refractivity contribution >= 4 is 17.4 Å². The van der Waals surface area contributed by atoms with Crippen LogP contribution in [0.3, 0.4) is 0 Å². The van der Waals surface area contributed by atoms with Gasteiger partial charge in [-0.1, -0.05) is 11.6 Å². The van der Waals surface area contributed by atoms with Crippen molar-refractivity contribution in [3.8, 4) is 0 Å². The summed E-state index contributed by atoms with van der Waals surface area (Å²) >= 11 is 5.92. The number of anilines is 1. The normalized spacial score (nSPS) is 19.1. The summed E-state index contributed by atoms with van der Waals surface area (Å²) in [7, 11) is 1.61. The molecule has 1 aromatic rings. The van der Waals surface area contributed by atoms with Gasteiger partial charge in [0.05, 0.1) is 6.10 Å². The molecule has 0 saturated carbocycles. The van der Waals surface area contributed by atoms with E-state index in [1.165, 1.54) is 6.42 Å². The van der Waals surface area contributed by atoms with Crippen LogP contribution in [-0.4, -0.2) is 36.3 Å². The van der Waals surface area contributed by atoms with E-state index < -0.39 is 0 Å². The Hall–Kier alpha value is -0.910. The second-order valence-electron chi connectivity index (χ2n) is 4.28. The number of nitrogens with one attached hydrogen (secondary N) is 1. The van der Waals surface area contributed by atoms with Crippen LogP contribution >= 0.6 is 11.6 Å². The van der Waals surface area contributed by atoms with Crippen molar-refractivity contribution in [1.29, 1.82) is 0 Å². The summed E-state index contributed by atoms with van der Waals surface area (Å²) < 4.78 is 10.6. The van der Waals surface area contributed by atoms with E-state index in [1.807, 2.05) is 0 Å². The van der Waals surface area contributed by atoms with E-state index in [2.05, 4.69) is 15.3 Å². The van der Waals surface area contributed by atoms with Gasteiger partial charge in [-0.15, -0.1) is 0 Å². The van der Waals surface area contributed by atoms with E-state index in [4.69, 9.17) is 21.1 Å². The van der Waals surface area contributed by atoms with Crippen LogP contribution in [0.5, 0.6) is 0 Å². The van der Waals surface area contributed by atoms with Crippen molar-refractivity contribution in [3.05, 3.63) is 17.0 Å². The molecular formula is C12H18ClN3O2. The van der Waals surface area contributed by atoms with Crippen LogP contribution in [-0.2, 0) is 16.1 Å². The summed E-state index contributed by atoms with van der Waals surface area (Å²) in [6.07, 6.45) is 3.69. The minimum Gasteiger partial charge on any atom is -0.378 e. The van der Waals surface area contributed by atoms with Gasteiger partial charge in [0.15, 0.2) is 5.82 Å². The maximum absolute atomic E-state index is 5.92. The van der Waals surface area contributed by atoms with E-state index in [0.29, 0.717) is 23.7 Å². The van der Waals surface area contributed by atoms with Crippen molar-refractivity contribution in [1.82, 2.24) is 9.97 Å². The van der Waals surface area contributed by atoms with E-state index in [1.54, 1.807) is 13.2 Å². The fourth-order valence-electron chi connectivity index (χ4n) is 1.98. The number of hydrogen-bond acceptors (Lipinski definition) is 5. The molecule has 18 heavy (non-hydrogen) atoms. The summed E-state index contributed by atoms with van der Waals surface area (Å²) in [5.41, 5.74) is 0. The summed E-state index contributed by atoms with van der Waals surface area (Å²) in [6.45, 7) is 2.08. The Morgan fingerprint density at radius 2 is 2.44 bits per heavy atom. The van der Waals surface area contributed by atoms with Crippen molar-refractivity contribution in [3.63, 3.8) is 0 Å². The predicted molar refractivity (Wildman–Crippen MR) is 69.8 cm³/mol. The average molecular weight is 272 g/mol. The molecule has 1 aromatic heterocycles. The minimum absolute atomic E-state index is 0.362. The number of methoxy groups -OCH3 is 1. The Balaban J connectivity index is 1.83. The predicted octanol–water partition coefficient (Wildman–Crippen LogP) is 2.26. The van der Waals surface area contributed by atoms with Crippen LogP contribution < -0.4 is 5.32 Å². The molecule has 100 valence electrons. The second-order valence-corrected chi connectivity index (χ2v) is 4.66. The molecule has 1 saturated heterocycles. The number of hydrogen-bond donors (Lipinski definition) is 1. The summed E-state index contributed by atoms with van der Waals surface area (Å²) in [4.78, 5) is 8.39. The van der Waals surface area contributed by atoms with Crippen LogP contribution in [0.2, 0.25) is 5.15 Å². The van der Waals surface area contributed by atoms with Crippen LogP contribution in [0.15, 0.2) is 6.07 Å². The van der Waals surface area contributed by atoms with Gasteiger partial charge in [-0.3, -0.25) is 0 Å². The molecular weight excluding hydrogens is 254 g/mol. The lowest BCUT2D eigenvalue weighted by molar-refractivity contribution is 0.107. The largest absolute Gasteiger partial charge is 0.378 e. The average Bonchev–Trinajstić information content (AvgIpc) is 2.82. The van der Waals surface area contributed by atoms with E-state index in [9.17, 15) is 0 Å². The van der Waals surface area contributed by atoms with Gasteiger partial charge in [0.1, 0.15) is 17.6 Å². The summed E-state index contributed by atoms with van der Waals surface area (Å²) in [5, 5.41) is 3.67. The lowest BCUT2D eigenvalue weighted by Crippen LogP contribution is -2.13. The molecule has 0 aromatic carbocycles. The molecule has 1 aliphatic rings. The van der Waals surface area contributed by atoms with Gasteiger partial charge < -0.3 is 14.8 Å². The minimum atomic E-state index is 0.362. The first-order valence-corrected chi connectivity index (χ1v) is 6.53. The van der Waals surface area contributed by atoms with E-state index in [-0.39, 0.29) is 0 Å². The lowest BCUT2D eigenvalue weighted by Gasteiger charge is -2.11. The van der Waals surface area contributed by atoms with Crippen molar-refractivity contribution in [2.45, 2.75) is 32.0 Å². The van der Waals surface area contributed by atoms with Crippen LogP contribution in [0, 0.1) is 0 Å². The molecule has 1 unspecified atom stereocenters. The van der Waals surface area contributed by atoms with Gasteiger partial charge in [-0.2, -0.15) is 0 Å². The zero-order chi connectivity index (χ0) is 12.8. The van der Waals surface area contributed by atoms with E-state index >= 15 is 0 Å². The standard InChI is InChI=1S/C12H18ClN3O2/c1-17-8-12-15-10(13)7-11(16-12)14-5-4-9-3-2-6-18-9/h7,9H,2-6,8H2,1H3,(H,14,15,16). The van der Waals surface area contributed by atoms with Gasteiger partial charge in [0.2, 0.25) is 0 Å². The third-order valence-electron chi connectivity index (χ3n) is 2.81. The first kappa shape index (κ1) is 13.5. The highest BCUT2D eigenvalue weighted by Crippen LogP contribution is 2.16. The number of nitrogens with zero attached hydrogens (tertiary/aromatic N) is 2. The van der Waals surface area contributed by atoms with Gasteiger partial charge in [0, 0.05) is 26.3 Å². The topological polar surface area (TPSA) is 56.3 Å². The first-order chi connectivity index (χ1) is 8.78. The summed E-state index contributed by atoms with van der Waals surface area (Å²) in [5.74, 6) is 1.32. The Morgan fingerprint density at radius 1 is 1.56 bits per heavy atom. The molecule has 1 aliphatic heterocycles. The van der Waals surface area contributed by atoms with Gasteiger partial charge in [-0.25, -0.2) is 9.97 Å². The third kappa shape index (κ3) is 4.08. The van der Waals surface area contributed by atoms with Gasteiger partial charge in [0.25, 0.3) is 0 Å². The number of rotatable bonds is 6. The number of ether oxygens (including phenoxy) is 2. The second kappa shape index (κ2) is 6.87. The third-order valence-corrected chi connectivity index (χ3v) is 3.00. The Kier molecular flexibility index (Phi) is 5.16. The van der Waals surface area contributed by atoms with Crippen molar-refractivity contribution < 1.29 is 9.47 Å². The molecule has 1 N–H and O–H groups in total. The highest BCUT2D eigenvalue weighted by molar-refractivity contribution is 6.29. The Morgan fingerprint density at radius 3 is 3.17 bits per heavy atom. The molecule has 5 nitrogen and oxygen atoms in total. The Labute approximate surface area is 112 Å². The van der Waals surface area contributed by atoms with Crippen molar-refractivity contribution in [2.75, 3.05) is 25.6 Å². The molecule has 1 atom stereocenters. The zero-order valence-electron chi connectivity index (χ0n) is 10.5. The quantitative estimate of drug-likeness (QED) is 0.805.